The number of benzene rings is 3. The van der Waals surface area contributed by atoms with Gasteiger partial charge >= 0.3 is 5.97 Å². The van der Waals surface area contributed by atoms with E-state index in [-0.39, 0.29) is 23.5 Å². The fourth-order valence-corrected chi connectivity index (χ4v) is 6.58. The molecule has 5 rings (SSSR count). The van der Waals surface area contributed by atoms with Gasteiger partial charge in [0.1, 0.15) is 11.5 Å². The fourth-order valence-electron chi connectivity index (χ4n) is 4.36. The van der Waals surface area contributed by atoms with Crippen LogP contribution in [0.4, 0.5) is 0 Å². The smallest absolute Gasteiger partial charge is 0.338 e. The highest BCUT2D eigenvalue weighted by molar-refractivity contribution is 9.11. The largest absolute Gasteiger partial charge is 0.506 e. The molecule has 1 aromatic heterocycles. The first-order valence-corrected chi connectivity index (χ1v) is 14.3. The topological polar surface area (TPSA) is 90.1 Å². The molecule has 10 heteroatoms. The summed E-state index contributed by atoms with van der Waals surface area (Å²) < 4.78 is 13.8. The Labute approximate surface area is 244 Å². The van der Waals surface area contributed by atoms with Gasteiger partial charge in [0.25, 0.3) is 5.56 Å². The van der Waals surface area contributed by atoms with Gasteiger partial charge in [-0.05, 0) is 80.3 Å². The zero-order valence-electron chi connectivity index (χ0n) is 20.9. The Kier molecular flexibility index (Phi) is 7.88. The summed E-state index contributed by atoms with van der Waals surface area (Å²) >= 11 is 7.91. The maximum Gasteiger partial charge on any atom is 0.338 e. The van der Waals surface area contributed by atoms with Crippen molar-refractivity contribution in [2.45, 2.75) is 13.0 Å². The average molecular weight is 670 g/mol. The Morgan fingerprint density at radius 3 is 2.38 bits per heavy atom. The van der Waals surface area contributed by atoms with Gasteiger partial charge in [-0.2, -0.15) is 0 Å². The Morgan fingerprint density at radius 2 is 1.77 bits per heavy atom. The minimum atomic E-state index is -0.776. The Balaban J connectivity index is 1.82. The van der Waals surface area contributed by atoms with E-state index < -0.39 is 12.0 Å². The summed E-state index contributed by atoms with van der Waals surface area (Å²) in [5, 5.41) is 10.1. The van der Waals surface area contributed by atoms with Crippen LogP contribution < -0.4 is 19.6 Å². The molecular weight excluding hydrogens is 648 g/mol. The number of thiazole rings is 1. The van der Waals surface area contributed by atoms with Gasteiger partial charge in [0.15, 0.2) is 4.80 Å². The molecule has 1 atom stereocenters. The maximum atomic E-state index is 13.9. The lowest BCUT2D eigenvalue weighted by molar-refractivity contribution is -0.138. The van der Waals surface area contributed by atoms with Crippen molar-refractivity contribution in [3.05, 3.63) is 118 Å². The van der Waals surface area contributed by atoms with Crippen molar-refractivity contribution < 1.29 is 19.4 Å². The van der Waals surface area contributed by atoms with E-state index in [0.29, 0.717) is 40.9 Å². The van der Waals surface area contributed by atoms with Gasteiger partial charge < -0.3 is 14.6 Å². The van der Waals surface area contributed by atoms with Crippen LogP contribution >= 0.6 is 43.2 Å². The van der Waals surface area contributed by atoms with E-state index in [2.05, 4.69) is 31.9 Å². The number of nitrogens with zero attached hydrogens (tertiary/aromatic N) is 2. The zero-order valence-corrected chi connectivity index (χ0v) is 24.8. The van der Waals surface area contributed by atoms with Crippen LogP contribution in [-0.4, -0.2) is 29.4 Å². The first kappa shape index (κ1) is 27.1. The fraction of sp³-hybridized carbons (Fsp3) is 0.138. The number of esters is 1. The van der Waals surface area contributed by atoms with E-state index in [1.807, 2.05) is 42.5 Å². The van der Waals surface area contributed by atoms with Gasteiger partial charge in [-0.3, -0.25) is 9.36 Å². The molecule has 0 saturated carbocycles. The van der Waals surface area contributed by atoms with Crippen LogP contribution in [0.25, 0.3) is 11.8 Å². The standard InChI is InChI=1S/C29H22Br2N2O5S/c1-3-38-28(36)23-24(17-7-5-4-6-8-17)32-29-33(25(23)18-9-11-19(37-2)12-10-18)27(35)22(39-29)15-16-13-20(30)26(34)21(31)14-16/h4-15,25,34H,3H2,1-2H3/b22-15-/t25-/m0/s1. The van der Waals surface area contributed by atoms with E-state index in [1.165, 1.54) is 11.3 Å². The number of hydrogen-bond acceptors (Lipinski definition) is 7. The molecule has 1 N–H and O–H groups in total. The van der Waals surface area contributed by atoms with Gasteiger partial charge in [-0.25, -0.2) is 9.79 Å². The highest BCUT2D eigenvalue weighted by atomic mass is 79.9. The molecule has 1 aliphatic rings. The van der Waals surface area contributed by atoms with Crippen molar-refractivity contribution >= 4 is 60.9 Å². The van der Waals surface area contributed by atoms with Crippen LogP contribution in [0.15, 0.2) is 91.0 Å². The molecule has 0 bridgehead atoms. The Bertz CT molecular complexity index is 1750. The monoisotopic (exact) mass is 668 g/mol. The second kappa shape index (κ2) is 11.3. The van der Waals surface area contributed by atoms with Crippen molar-refractivity contribution in [1.29, 1.82) is 0 Å². The number of halogens is 2. The third-order valence-corrected chi connectivity index (χ3v) is 8.33. The molecule has 1 aliphatic heterocycles. The number of carbonyl (C=O) groups excluding carboxylic acids is 1. The number of phenolic OH excluding ortho intramolecular Hbond substituents is 1. The zero-order chi connectivity index (χ0) is 27.7. The SMILES string of the molecule is CCOC(=O)C1=C(c2ccccc2)N=c2s/c(=C\c3cc(Br)c(O)c(Br)c3)c(=O)n2[C@H]1c1ccc(OC)cc1. The second-order valence-corrected chi connectivity index (χ2v) is 11.3. The number of ether oxygens (including phenoxy) is 2. The molecule has 0 unspecified atom stereocenters. The molecule has 39 heavy (non-hydrogen) atoms. The summed E-state index contributed by atoms with van der Waals surface area (Å²) in [6.07, 6.45) is 1.74. The van der Waals surface area contributed by atoms with E-state index in [9.17, 15) is 14.7 Å². The van der Waals surface area contributed by atoms with E-state index in [0.717, 1.165) is 5.56 Å². The summed E-state index contributed by atoms with van der Waals surface area (Å²) in [6, 6.07) is 19.3. The average Bonchev–Trinajstić information content (AvgIpc) is 3.25. The van der Waals surface area contributed by atoms with Crippen LogP contribution in [0.2, 0.25) is 0 Å². The Hall–Kier alpha value is -3.47. The van der Waals surface area contributed by atoms with Crippen LogP contribution in [0, 0.1) is 0 Å². The predicted molar refractivity (Wildman–Crippen MR) is 158 cm³/mol. The molecule has 0 radical (unpaired) electrons. The third kappa shape index (κ3) is 5.24. The van der Waals surface area contributed by atoms with Crippen LogP contribution in [0.1, 0.15) is 29.7 Å². The molecule has 0 fully saturated rings. The van der Waals surface area contributed by atoms with Gasteiger partial charge in [0.05, 0.1) is 44.5 Å². The summed E-state index contributed by atoms with van der Waals surface area (Å²) in [5.41, 5.74) is 2.59. The van der Waals surface area contributed by atoms with Crippen LogP contribution in [0.5, 0.6) is 11.5 Å². The van der Waals surface area contributed by atoms with E-state index >= 15 is 0 Å². The first-order valence-electron chi connectivity index (χ1n) is 11.9. The molecule has 7 nitrogen and oxygen atoms in total. The first-order chi connectivity index (χ1) is 18.8. The van der Waals surface area contributed by atoms with Gasteiger partial charge in [-0.15, -0.1) is 0 Å². The highest BCUT2D eigenvalue weighted by Gasteiger charge is 2.35. The van der Waals surface area contributed by atoms with E-state index in [4.69, 9.17) is 14.5 Å². The molecule has 2 heterocycles. The normalized spacial score (nSPS) is 15.1. The molecule has 0 amide bonds. The minimum Gasteiger partial charge on any atom is -0.506 e. The highest BCUT2D eigenvalue weighted by Crippen LogP contribution is 2.36. The Morgan fingerprint density at radius 1 is 1.10 bits per heavy atom. The van der Waals surface area contributed by atoms with Crippen LogP contribution in [0.3, 0.4) is 0 Å². The molecule has 0 spiro atoms. The lowest BCUT2D eigenvalue weighted by Gasteiger charge is -2.26. The molecule has 3 aromatic carbocycles. The predicted octanol–water partition coefficient (Wildman–Crippen LogP) is 5.17. The third-order valence-electron chi connectivity index (χ3n) is 6.14. The summed E-state index contributed by atoms with van der Waals surface area (Å²) in [4.78, 5) is 32.7. The number of fused-ring (bicyclic) bond motifs is 1. The van der Waals surface area contributed by atoms with Crippen molar-refractivity contribution in [3.63, 3.8) is 0 Å². The van der Waals surface area contributed by atoms with Gasteiger partial charge in [-0.1, -0.05) is 53.8 Å². The minimum absolute atomic E-state index is 0.0692. The number of phenols is 1. The van der Waals surface area contributed by atoms with E-state index in [1.54, 1.807) is 48.9 Å². The number of carbonyl (C=O) groups is 1. The van der Waals surface area contributed by atoms with Crippen molar-refractivity contribution in [1.82, 2.24) is 4.57 Å². The van der Waals surface area contributed by atoms with Crippen molar-refractivity contribution in [2.75, 3.05) is 13.7 Å². The number of hydrogen-bond donors (Lipinski definition) is 1. The van der Waals surface area contributed by atoms with Crippen molar-refractivity contribution in [2.24, 2.45) is 4.99 Å². The lowest BCUT2D eigenvalue weighted by atomic mass is 9.93. The number of aromatic nitrogens is 1. The number of aromatic hydroxyl groups is 1. The molecule has 0 aliphatic carbocycles. The van der Waals surface area contributed by atoms with Crippen molar-refractivity contribution in [3.8, 4) is 11.5 Å². The molecular formula is C29H22Br2N2O5S. The maximum absolute atomic E-state index is 13.9. The summed E-state index contributed by atoms with van der Waals surface area (Å²) in [5.74, 6) is 0.181. The molecule has 198 valence electrons. The number of rotatable bonds is 6. The second-order valence-electron chi connectivity index (χ2n) is 8.54. The van der Waals surface area contributed by atoms with Gasteiger partial charge in [0, 0.05) is 5.56 Å². The molecule has 4 aromatic rings. The molecule has 0 saturated heterocycles. The summed E-state index contributed by atoms with van der Waals surface area (Å²) in [6.45, 7) is 1.92. The number of methoxy groups -OCH3 is 1. The lowest BCUT2D eigenvalue weighted by Crippen LogP contribution is -2.40. The summed E-state index contributed by atoms with van der Waals surface area (Å²) in [7, 11) is 1.58. The van der Waals surface area contributed by atoms with Crippen LogP contribution in [-0.2, 0) is 9.53 Å². The quantitative estimate of drug-likeness (QED) is 0.286. The van der Waals surface area contributed by atoms with Gasteiger partial charge in [0.2, 0.25) is 0 Å².